The van der Waals surface area contributed by atoms with Gasteiger partial charge in [-0.25, -0.2) is 4.98 Å². The second-order valence-electron chi connectivity index (χ2n) is 3.66. The quantitative estimate of drug-likeness (QED) is 0.806. The number of ether oxygens (including phenoxy) is 1. The van der Waals surface area contributed by atoms with Crippen LogP contribution in [-0.2, 0) is 0 Å². The van der Waals surface area contributed by atoms with Crippen LogP contribution >= 0.6 is 22.6 Å². The largest absolute Gasteiger partial charge is 0.573 e. The van der Waals surface area contributed by atoms with E-state index in [1.807, 2.05) is 6.07 Å². The molecule has 0 bridgehead atoms. The highest BCUT2D eigenvalue weighted by molar-refractivity contribution is 14.1. The minimum atomic E-state index is -4.69. The lowest BCUT2D eigenvalue weighted by Gasteiger charge is -2.10. The number of pyridine rings is 1. The number of benzene rings is 1. The van der Waals surface area contributed by atoms with Crippen LogP contribution in [0.25, 0.3) is 11.1 Å². The lowest BCUT2D eigenvalue weighted by Crippen LogP contribution is -2.16. The van der Waals surface area contributed by atoms with Crippen LogP contribution in [0.4, 0.5) is 19.0 Å². The van der Waals surface area contributed by atoms with Crippen molar-refractivity contribution >= 4 is 28.4 Å². The van der Waals surface area contributed by atoms with Crippen LogP contribution in [0.2, 0.25) is 0 Å². The van der Waals surface area contributed by atoms with Gasteiger partial charge in [0.1, 0.15) is 11.6 Å². The molecule has 0 fully saturated rings. The van der Waals surface area contributed by atoms with Gasteiger partial charge in [-0.1, -0.05) is 12.1 Å². The van der Waals surface area contributed by atoms with E-state index in [0.29, 0.717) is 16.9 Å². The Morgan fingerprint density at radius 3 is 2.37 bits per heavy atom. The van der Waals surface area contributed by atoms with Gasteiger partial charge in [0, 0.05) is 15.3 Å². The fourth-order valence-corrected chi connectivity index (χ4v) is 1.97. The second kappa shape index (κ2) is 5.24. The van der Waals surface area contributed by atoms with Crippen LogP contribution in [0, 0.1) is 3.57 Å². The van der Waals surface area contributed by atoms with E-state index in [0.717, 1.165) is 3.57 Å². The molecule has 0 spiro atoms. The van der Waals surface area contributed by atoms with Crippen molar-refractivity contribution in [3.8, 4) is 16.9 Å². The van der Waals surface area contributed by atoms with E-state index < -0.39 is 6.36 Å². The molecule has 0 saturated heterocycles. The number of aromatic nitrogens is 1. The number of halogens is 4. The summed E-state index contributed by atoms with van der Waals surface area (Å²) >= 11 is 2.08. The highest BCUT2D eigenvalue weighted by atomic mass is 127. The van der Waals surface area contributed by atoms with Crippen molar-refractivity contribution in [1.29, 1.82) is 0 Å². The summed E-state index contributed by atoms with van der Waals surface area (Å²) in [5, 5.41) is 0. The number of rotatable bonds is 2. The normalized spacial score (nSPS) is 11.4. The summed E-state index contributed by atoms with van der Waals surface area (Å²) in [4.78, 5) is 4.00. The predicted molar refractivity (Wildman–Crippen MR) is 73.5 cm³/mol. The van der Waals surface area contributed by atoms with Gasteiger partial charge in [0.25, 0.3) is 0 Å². The van der Waals surface area contributed by atoms with Crippen molar-refractivity contribution in [3.05, 3.63) is 40.1 Å². The zero-order chi connectivity index (χ0) is 14.0. The number of alkyl halides is 3. The van der Waals surface area contributed by atoms with E-state index in [1.54, 1.807) is 6.20 Å². The molecule has 1 aromatic heterocycles. The molecular weight excluding hydrogens is 372 g/mol. The van der Waals surface area contributed by atoms with Crippen molar-refractivity contribution in [1.82, 2.24) is 4.98 Å². The Hall–Kier alpha value is -1.51. The maximum Gasteiger partial charge on any atom is 0.573 e. The van der Waals surface area contributed by atoms with Crippen LogP contribution < -0.4 is 10.5 Å². The van der Waals surface area contributed by atoms with Crippen molar-refractivity contribution in [3.63, 3.8) is 0 Å². The fourth-order valence-electron chi connectivity index (χ4n) is 1.52. The molecule has 0 aliphatic heterocycles. The first-order valence-corrected chi connectivity index (χ1v) is 6.20. The van der Waals surface area contributed by atoms with E-state index >= 15 is 0 Å². The number of anilines is 1. The van der Waals surface area contributed by atoms with Gasteiger partial charge in [-0.05, 0) is 46.4 Å². The number of nitrogens with zero attached hydrogens (tertiary/aromatic N) is 1. The maximum absolute atomic E-state index is 12.0. The Morgan fingerprint density at radius 2 is 1.79 bits per heavy atom. The van der Waals surface area contributed by atoms with E-state index in [1.165, 1.54) is 24.3 Å². The number of hydrogen-bond acceptors (Lipinski definition) is 3. The molecule has 2 aromatic rings. The Labute approximate surface area is 120 Å². The number of hydrogen-bond donors (Lipinski definition) is 1. The fraction of sp³-hybridized carbons (Fsp3) is 0.0833. The Bertz CT molecular complexity index is 585. The Balaban J connectivity index is 2.30. The lowest BCUT2D eigenvalue weighted by molar-refractivity contribution is -0.274. The summed E-state index contributed by atoms with van der Waals surface area (Å²) < 4.78 is 40.8. The molecule has 2 rings (SSSR count). The van der Waals surface area contributed by atoms with Gasteiger partial charge in [-0.3, -0.25) is 0 Å². The van der Waals surface area contributed by atoms with Gasteiger partial charge < -0.3 is 10.5 Å². The van der Waals surface area contributed by atoms with Crippen LogP contribution in [0.1, 0.15) is 0 Å². The van der Waals surface area contributed by atoms with Gasteiger partial charge >= 0.3 is 6.36 Å². The molecule has 3 nitrogen and oxygen atoms in total. The molecule has 7 heteroatoms. The molecule has 0 saturated carbocycles. The first kappa shape index (κ1) is 13.9. The van der Waals surface area contributed by atoms with Gasteiger partial charge in [0.05, 0.1) is 0 Å². The maximum atomic E-state index is 12.0. The molecule has 0 unspecified atom stereocenters. The summed E-state index contributed by atoms with van der Waals surface area (Å²) in [5.41, 5.74) is 7.09. The van der Waals surface area contributed by atoms with Crippen LogP contribution in [0.15, 0.2) is 36.5 Å². The van der Waals surface area contributed by atoms with Crippen LogP contribution in [-0.4, -0.2) is 11.3 Å². The minimum absolute atomic E-state index is 0.270. The summed E-state index contributed by atoms with van der Waals surface area (Å²) in [7, 11) is 0. The van der Waals surface area contributed by atoms with Crippen LogP contribution in [0.5, 0.6) is 5.75 Å². The summed E-state index contributed by atoms with van der Waals surface area (Å²) in [6, 6.07) is 7.29. The molecule has 100 valence electrons. The van der Waals surface area contributed by atoms with Gasteiger partial charge in [-0.15, -0.1) is 13.2 Å². The number of nitrogen functional groups attached to an aromatic ring is 1. The van der Waals surface area contributed by atoms with Crippen molar-refractivity contribution in [2.75, 3.05) is 5.73 Å². The van der Waals surface area contributed by atoms with E-state index in [2.05, 4.69) is 32.3 Å². The van der Waals surface area contributed by atoms with E-state index in [-0.39, 0.29) is 5.75 Å². The second-order valence-corrected chi connectivity index (χ2v) is 4.90. The highest BCUT2D eigenvalue weighted by Crippen LogP contribution is 2.29. The molecule has 0 aliphatic carbocycles. The molecule has 0 atom stereocenters. The summed E-state index contributed by atoms with van der Waals surface area (Å²) in [5.74, 6) is 0.0540. The number of nitrogens with two attached hydrogens (primary N) is 1. The molecule has 1 aromatic carbocycles. The first-order chi connectivity index (χ1) is 8.85. The van der Waals surface area contributed by atoms with E-state index in [4.69, 9.17) is 5.73 Å². The molecule has 0 aliphatic rings. The third-order valence-corrected chi connectivity index (χ3v) is 2.87. The van der Waals surface area contributed by atoms with Gasteiger partial charge in [-0.2, -0.15) is 0 Å². The molecule has 0 amide bonds. The minimum Gasteiger partial charge on any atom is -0.406 e. The molecule has 0 radical (unpaired) electrons. The van der Waals surface area contributed by atoms with Gasteiger partial charge in [0.2, 0.25) is 0 Å². The van der Waals surface area contributed by atoms with E-state index in [9.17, 15) is 13.2 Å². The molecule has 19 heavy (non-hydrogen) atoms. The zero-order valence-corrected chi connectivity index (χ0v) is 11.6. The highest BCUT2D eigenvalue weighted by Gasteiger charge is 2.30. The average molecular weight is 380 g/mol. The lowest BCUT2D eigenvalue weighted by atomic mass is 10.1. The Morgan fingerprint density at radius 1 is 1.16 bits per heavy atom. The van der Waals surface area contributed by atoms with Crippen LogP contribution in [0.3, 0.4) is 0 Å². The average Bonchev–Trinajstić information content (AvgIpc) is 2.31. The van der Waals surface area contributed by atoms with Gasteiger partial charge in [0.15, 0.2) is 0 Å². The topological polar surface area (TPSA) is 48.1 Å². The SMILES string of the molecule is Nc1ncc(I)cc1-c1ccc(OC(F)(F)F)cc1. The zero-order valence-electron chi connectivity index (χ0n) is 9.41. The first-order valence-electron chi connectivity index (χ1n) is 5.12. The van der Waals surface area contributed by atoms with Crippen molar-refractivity contribution < 1.29 is 17.9 Å². The molecule has 1 heterocycles. The smallest absolute Gasteiger partial charge is 0.406 e. The standard InChI is InChI=1S/C12H8F3IN2O/c13-12(14,15)19-9-3-1-7(2-4-9)10-5-8(16)6-18-11(10)17/h1-6H,(H2,17,18). The molecule has 2 N–H and O–H groups in total. The predicted octanol–water partition coefficient (Wildman–Crippen LogP) is 3.83. The third kappa shape index (κ3) is 3.72. The molecular formula is C12H8F3IN2O. The summed E-state index contributed by atoms with van der Waals surface area (Å²) in [6.45, 7) is 0. The summed E-state index contributed by atoms with van der Waals surface area (Å²) in [6.07, 6.45) is -3.08. The Kier molecular flexibility index (Phi) is 3.83. The van der Waals surface area contributed by atoms with Crippen molar-refractivity contribution in [2.45, 2.75) is 6.36 Å². The van der Waals surface area contributed by atoms with Crippen molar-refractivity contribution in [2.24, 2.45) is 0 Å². The monoisotopic (exact) mass is 380 g/mol. The third-order valence-electron chi connectivity index (χ3n) is 2.28.